The normalized spacial score (nSPS) is 31.1. The van der Waals surface area contributed by atoms with E-state index in [9.17, 15) is 15.3 Å². The second-order valence-electron chi connectivity index (χ2n) is 7.34. The molecule has 1 aliphatic carbocycles. The van der Waals surface area contributed by atoms with Gasteiger partial charge in [-0.3, -0.25) is 0 Å². The number of hydrogen-bond donors (Lipinski definition) is 3. The third-order valence-electron chi connectivity index (χ3n) is 5.14. The Balaban J connectivity index is 1.66. The van der Waals surface area contributed by atoms with Gasteiger partial charge < -0.3 is 24.8 Å². The van der Waals surface area contributed by atoms with Gasteiger partial charge in [0.05, 0.1) is 24.9 Å². The van der Waals surface area contributed by atoms with Crippen molar-refractivity contribution in [1.29, 1.82) is 0 Å². The molecule has 27 heavy (non-hydrogen) atoms. The Hall–Kier alpha value is -1.02. The summed E-state index contributed by atoms with van der Waals surface area (Å²) >= 11 is 1.59. The molecule has 5 atom stereocenters. The van der Waals surface area contributed by atoms with E-state index in [-0.39, 0.29) is 19.1 Å². The lowest BCUT2D eigenvalue weighted by Crippen LogP contribution is -2.44. The van der Waals surface area contributed by atoms with Gasteiger partial charge >= 0.3 is 0 Å². The molecule has 0 aromatic carbocycles. The summed E-state index contributed by atoms with van der Waals surface area (Å²) in [5.74, 6) is 0. The van der Waals surface area contributed by atoms with Crippen molar-refractivity contribution in [2.45, 2.75) is 70.1 Å². The molecule has 0 spiro atoms. The van der Waals surface area contributed by atoms with Gasteiger partial charge in [-0.15, -0.1) is 11.3 Å². The van der Waals surface area contributed by atoms with E-state index in [0.717, 1.165) is 30.7 Å². The van der Waals surface area contributed by atoms with Crippen LogP contribution < -0.4 is 0 Å². The van der Waals surface area contributed by atoms with Gasteiger partial charge in [0.15, 0.2) is 0 Å². The molecule has 0 radical (unpaired) electrons. The molecule has 1 aromatic heterocycles. The summed E-state index contributed by atoms with van der Waals surface area (Å²) in [6.07, 6.45) is 6.80. The highest BCUT2D eigenvalue weighted by Gasteiger charge is 2.38. The largest absolute Gasteiger partial charge is 0.394 e. The van der Waals surface area contributed by atoms with E-state index < -0.39 is 24.4 Å². The van der Waals surface area contributed by atoms with Crippen LogP contribution in [0.4, 0.5) is 0 Å². The molecule has 150 valence electrons. The first-order valence-corrected chi connectivity index (χ1v) is 10.5. The van der Waals surface area contributed by atoms with Crippen LogP contribution in [0, 0.1) is 6.92 Å². The number of aryl methyl sites for hydroxylation is 1. The maximum Gasteiger partial charge on any atom is 0.120 e. The van der Waals surface area contributed by atoms with Crippen molar-refractivity contribution in [2.75, 3.05) is 13.2 Å². The second-order valence-corrected chi connectivity index (χ2v) is 8.63. The molecule has 1 aliphatic heterocycles. The number of thiophene rings is 1. The monoisotopic (exact) mass is 394 g/mol. The molecule has 3 rings (SSSR count). The Morgan fingerprint density at radius 2 is 2.15 bits per heavy atom. The zero-order valence-electron chi connectivity index (χ0n) is 16.0. The van der Waals surface area contributed by atoms with E-state index in [2.05, 4.69) is 38.1 Å². The summed E-state index contributed by atoms with van der Waals surface area (Å²) in [4.78, 5) is 2.08. The lowest BCUT2D eigenvalue weighted by atomic mass is 9.95. The van der Waals surface area contributed by atoms with Gasteiger partial charge in [-0.05, 0) is 43.4 Å². The van der Waals surface area contributed by atoms with E-state index in [4.69, 9.17) is 9.47 Å². The summed E-state index contributed by atoms with van der Waals surface area (Å²) in [7, 11) is 0. The smallest absolute Gasteiger partial charge is 0.120 e. The molecule has 5 nitrogen and oxygen atoms in total. The van der Waals surface area contributed by atoms with Crippen molar-refractivity contribution >= 4 is 11.3 Å². The van der Waals surface area contributed by atoms with E-state index in [1.807, 2.05) is 0 Å². The minimum atomic E-state index is -0.969. The van der Waals surface area contributed by atoms with E-state index in [1.165, 1.54) is 16.0 Å². The SMILES string of the molecule is CCCOC1C=CC(Cc2cc(C3OC(CO)CC(O)[C@H]3O)sc2C)=CC1. The fourth-order valence-corrected chi connectivity index (χ4v) is 4.68. The average Bonchev–Trinajstić information content (AvgIpc) is 3.03. The van der Waals surface area contributed by atoms with Crippen LogP contribution in [-0.2, 0) is 15.9 Å². The Morgan fingerprint density at radius 3 is 2.81 bits per heavy atom. The molecule has 2 heterocycles. The number of rotatable bonds is 7. The van der Waals surface area contributed by atoms with E-state index in [1.54, 1.807) is 11.3 Å². The van der Waals surface area contributed by atoms with Crippen LogP contribution in [0.1, 0.15) is 47.6 Å². The highest BCUT2D eigenvalue weighted by atomic mass is 32.1. The average molecular weight is 395 g/mol. The van der Waals surface area contributed by atoms with Crippen LogP contribution in [0.25, 0.3) is 0 Å². The molecule has 1 saturated heterocycles. The van der Waals surface area contributed by atoms with Crippen LogP contribution >= 0.6 is 11.3 Å². The predicted octanol–water partition coefficient (Wildman–Crippen LogP) is 2.82. The Bertz CT molecular complexity index is 680. The number of aliphatic hydroxyl groups is 3. The van der Waals surface area contributed by atoms with Gasteiger partial charge in [-0.25, -0.2) is 0 Å². The summed E-state index contributed by atoms with van der Waals surface area (Å²) in [6.45, 7) is 4.81. The fraction of sp³-hybridized carbons (Fsp3) is 0.619. The van der Waals surface area contributed by atoms with Gasteiger partial charge in [0, 0.05) is 22.8 Å². The predicted molar refractivity (Wildman–Crippen MR) is 106 cm³/mol. The zero-order valence-corrected chi connectivity index (χ0v) is 16.8. The summed E-state index contributed by atoms with van der Waals surface area (Å²) in [6, 6.07) is 2.06. The van der Waals surface area contributed by atoms with Crippen LogP contribution in [0.3, 0.4) is 0 Å². The number of hydrogen-bond acceptors (Lipinski definition) is 6. The van der Waals surface area contributed by atoms with Crippen molar-refractivity contribution in [2.24, 2.45) is 0 Å². The minimum Gasteiger partial charge on any atom is -0.394 e. The minimum absolute atomic E-state index is 0.156. The highest BCUT2D eigenvalue weighted by Crippen LogP contribution is 2.37. The van der Waals surface area contributed by atoms with Gasteiger partial charge in [0.2, 0.25) is 0 Å². The van der Waals surface area contributed by atoms with Gasteiger partial charge in [-0.1, -0.05) is 25.2 Å². The van der Waals surface area contributed by atoms with E-state index in [0.29, 0.717) is 0 Å². The molecule has 1 aromatic rings. The quantitative estimate of drug-likeness (QED) is 0.663. The maximum atomic E-state index is 10.3. The summed E-state index contributed by atoms with van der Waals surface area (Å²) < 4.78 is 11.6. The number of aliphatic hydroxyl groups excluding tert-OH is 3. The lowest BCUT2D eigenvalue weighted by molar-refractivity contribution is -0.178. The third kappa shape index (κ3) is 5.08. The first-order chi connectivity index (χ1) is 13.0. The third-order valence-corrected chi connectivity index (χ3v) is 6.29. The first kappa shape index (κ1) is 20.7. The zero-order chi connectivity index (χ0) is 19.4. The number of ether oxygens (including phenoxy) is 2. The molecule has 0 bridgehead atoms. The number of allylic oxidation sites excluding steroid dienone is 2. The molecular weight excluding hydrogens is 364 g/mol. The van der Waals surface area contributed by atoms with Crippen LogP contribution in [0.5, 0.6) is 0 Å². The van der Waals surface area contributed by atoms with E-state index >= 15 is 0 Å². The molecule has 6 heteroatoms. The Morgan fingerprint density at radius 1 is 1.33 bits per heavy atom. The molecule has 0 saturated carbocycles. The molecule has 2 aliphatic rings. The Labute approximate surface area is 164 Å². The molecule has 1 fully saturated rings. The van der Waals surface area contributed by atoms with Gasteiger partial charge in [0.1, 0.15) is 12.2 Å². The summed E-state index contributed by atoms with van der Waals surface area (Å²) in [5.41, 5.74) is 2.47. The van der Waals surface area contributed by atoms with Crippen LogP contribution in [-0.4, -0.2) is 52.9 Å². The highest BCUT2D eigenvalue weighted by molar-refractivity contribution is 7.12. The van der Waals surface area contributed by atoms with Crippen molar-refractivity contribution in [3.8, 4) is 0 Å². The molecule has 4 unspecified atom stereocenters. The van der Waals surface area contributed by atoms with Crippen LogP contribution in [0.2, 0.25) is 0 Å². The van der Waals surface area contributed by atoms with Gasteiger partial charge in [-0.2, -0.15) is 0 Å². The topological polar surface area (TPSA) is 79.2 Å². The second kappa shape index (κ2) is 9.45. The van der Waals surface area contributed by atoms with Crippen molar-refractivity contribution in [3.63, 3.8) is 0 Å². The molecule has 0 amide bonds. The lowest BCUT2D eigenvalue weighted by Gasteiger charge is -2.36. The standard InChI is InChI=1S/C21H30O5S/c1-3-8-25-16-6-4-14(5-7-16)9-15-10-19(27-13(15)2)21-20(24)18(23)11-17(12-22)26-21/h4-6,10,16-18,20-24H,3,7-9,11-12H2,1-2H3/t16?,17?,18?,20-,21?/m1/s1. The summed E-state index contributed by atoms with van der Waals surface area (Å²) in [5, 5.41) is 29.8. The van der Waals surface area contributed by atoms with Crippen molar-refractivity contribution in [1.82, 2.24) is 0 Å². The maximum absolute atomic E-state index is 10.3. The van der Waals surface area contributed by atoms with Gasteiger partial charge in [0.25, 0.3) is 0 Å². The molecular formula is C21H30O5S. The van der Waals surface area contributed by atoms with Crippen molar-refractivity contribution in [3.05, 3.63) is 45.2 Å². The Kier molecular flexibility index (Phi) is 7.25. The van der Waals surface area contributed by atoms with Crippen molar-refractivity contribution < 1.29 is 24.8 Å². The first-order valence-electron chi connectivity index (χ1n) is 9.72. The van der Waals surface area contributed by atoms with Crippen LogP contribution in [0.15, 0.2) is 29.9 Å². The fourth-order valence-electron chi connectivity index (χ4n) is 3.56. The molecule has 3 N–H and O–H groups in total.